The summed E-state index contributed by atoms with van der Waals surface area (Å²) in [5.74, 6) is -0.285. The highest BCUT2D eigenvalue weighted by atomic mass is 32.2. The zero-order valence-electron chi connectivity index (χ0n) is 9.08. The number of carbonyl (C=O) groups is 1. The number of aliphatic hydroxyl groups is 1. The molecule has 6 nitrogen and oxygen atoms in total. The van der Waals surface area contributed by atoms with Gasteiger partial charge >= 0.3 is 11.4 Å². The number of rotatable bonds is 6. The van der Waals surface area contributed by atoms with Crippen molar-refractivity contribution < 1.29 is 22.8 Å². The van der Waals surface area contributed by atoms with Crippen LogP contribution in [0.25, 0.3) is 0 Å². The lowest BCUT2D eigenvalue weighted by atomic mass is 10.3. The van der Waals surface area contributed by atoms with Gasteiger partial charge in [0.05, 0.1) is 17.6 Å². The zero-order valence-corrected chi connectivity index (χ0v) is 10.7. The van der Waals surface area contributed by atoms with Crippen LogP contribution in [0.1, 0.15) is 14.5 Å². The summed E-state index contributed by atoms with van der Waals surface area (Å²) in [5.41, 5.74) is 0. The number of nitrogens with one attached hydrogen (secondary N) is 1. The quantitative estimate of drug-likeness (QED) is 0.651. The minimum atomic E-state index is -2.40. The van der Waals surface area contributed by atoms with E-state index in [1.807, 2.05) is 13.0 Å². The van der Waals surface area contributed by atoms with Gasteiger partial charge in [-0.1, -0.05) is 0 Å². The molecule has 1 rings (SSSR count). The number of aliphatic hydroxyl groups excluding tert-OH is 1. The molecule has 1 heterocycles. The fraction of sp³-hybridized carbons (Fsp3) is 0.444. The summed E-state index contributed by atoms with van der Waals surface area (Å²) >= 11 is -1.05. The second kappa shape index (κ2) is 6.82. The summed E-state index contributed by atoms with van der Waals surface area (Å²) in [7, 11) is 0. The van der Waals surface area contributed by atoms with E-state index in [4.69, 9.17) is 4.55 Å². The van der Waals surface area contributed by atoms with Gasteiger partial charge in [0.15, 0.2) is 0 Å². The minimum absolute atomic E-state index is 0.0347. The van der Waals surface area contributed by atoms with Gasteiger partial charge in [0.25, 0.3) is 5.91 Å². The summed E-state index contributed by atoms with van der Waals surface area (Å²) < 4.78 is 22.7. The Bertz CT molecular complexity index is 406. The molecule has 1 aromatic heterocycles. The third-order valence-electron chi connectivity index (χ3n) is 1.82. The molecule has 0 spiro atoms. The van der Waals surface area contributed by atoms with Crippen molar-refractivity contribution in [2.75, 3.05) is 13.2 Å². The van der Waals surface area contributed by atoms with E-state index < -0.39 is 17.5 Å². The molecule has 0 saturated carbocycles. The van der Waals surface area contributed by atoms with Crippen molar-refractivity contribution in [3.05, 3.63) is 21.9 Å². The number of hydrogen-bond donors (Lipinski definition) is 3. The van der Waals surface area contributed by atoms with Crippen LogP contribution in [0, 0.1) is 6.92 Å². The van der Waals surface area contributed by atoms with E-state index in [0.29, 0.717) is 4.88 Å². The molecular weight excluding hydrogens is 266 g/mol. The van der Waals surface area contributed by atoms with Crippen LogP contribution in [-0.4, -0.2) is 39.0 Å². The molecule has 1 aromatic rings. The highest BCUT2D eigenvalue weighted by molar-refractivity contribution is 7.74. The molecule has 3 N–H and O–H groups in total. The Labute approximate surface area is 105 Å². The van der Waals surface area contributed by atoms with Gasteiger partial charge in [0, 0.05) is 11.4 Å². The van der Waals surface area contributed by atoms with Crippen molar-refractivity contribution in [1.29, 1.82) is 0 Å². The Kier molecular flexibility index (Phi) is 5.72. The Hall–Kier alpha value is -0.800. The Morgan fingerprint density at radius 1 is 1.65 bits per heavy atom. The fourth-order valence-corrected chi connectivity index (χ4v) is 2.11. The third-order valence-corrected chi connectivity index (χ3v) is 3.16. The molecule has 0 fully saturated rings. The summed E-state index contributed by atoms with van der Waals surface area (Å²) in [6.07, 6.45) is -1.02. The molecule has 0 aromatic carbocycles. The van der Waals surface area contributed by atoms with Crippen LogP contribution < -0.4 is 5.32 Å². The third kappa shape index (κ3) is 5.37. The molecule has 0 aliphatic carbocycles. The first-order valence-electron chi connectivity index (χ1n) is 4.76. The van der Waals surface area contributed by atoms with Crippen molar-refractivity contribution in [3.63, 3.8) is 0 Å². The van der Waals surface area contributed by atoms with E-state index in [-0.39, 0.29) is 19.1 Å². The summed E-state index contributed by atoms with van der Waals surface area (Å²) in [6, 6.07) is 3.52. The smallest absolute Gasteiger partial charge is 0.301 e. The maximum Gasteiger partial charge on any atom is 0.301 e. The molecule has 0 aliphatic rings. The molecule has 17 heavy (non-hydrogen) atoms. The van der Waals surface area contributed by atoms with Gasteiger partial charge in [0.1, 0.15) is 0 Å². The molecule has 1 amide bonds. The molecule has 2 atom stereocenters. The SMILES string of the molecule is Cc1ccc(C(=O)NCC(O)COS(=O)O)s1. The predicted molar refractivity (Wildman–Crippen MR) is 64.1 cm³/mol. The van der Waals surface area contributed by atoms with Crippen LogP contribution in [0.2, 0.25) is 0 Å². The van der Waals surface area contributed by atoms with Crippen molar-refractivity contribution in [2.45, 2.75) is 13.0 Å². The number of aryl methyl sites for hydroxylation is 1. The second-order valence-corrected chi connectivity index (χ2v) is 5.23. The van der Waals surface area contributed by atoms with Gasteiger partial charge in [-0.2, -0.15) is 4.21 Å². The topological polar surface area (TPSA) is 95.9 Å². The fourth-order valence-electron chi connectivity index (χ4n) is 1.05. The average Bonchev–Trinajstić information content (AvgIpc) is 2.70. The average molecular weight is 279 g/mol. The summed E-state index contributed by atoms with van der Waals surface area (Å²) in [5, 5.41) is 11.8. The Morgan fingerprint density at radius 2 is 2.35 bits per heavy atom. The maximum absolute atomic E-state index is 11.5. The first-order chi connectivity index (χ1) is 7.99. The molecular formula is C9H13NO5S2. The maximum atomic E-state index is 11.5. The second-order valence-electron chi connectivity index (χ2n) is 3.28. The van der Waals surface area contributed by atoms with E-state index in [9.17, 15) is 14.1 Å². The lowest BCUT2D eigenvalue weighted by molar-refractivity contribution is 0.0853. The normalized spacial score (nSPS) is 14.3. The molecule has 0 radical (unpaired) electrons. The van der Waals surface area contributed by atoms with E-state index in [1.165, 1.54) is 11.3 Å². The first kappa shape index (κ1) is 14.3. The number of amides is 1. The van der Waals surface area contributed by atoms with Gasteiger partial charge in [-0.15, -0.1) is 11.3 Å². The van der Waals surface area contributed by atoms with Crippen LogP contribution in [0.3, 0.4) is 0 Å². The number of carbonyl (C=O) groups excluding carboxylic acids is 1. The van der Waals surface area contributed by atoms with Crippen LogP contribution in [-0.2, 0) is 15.5 Å². The van der Waals surface area contributed by atoms with Crippen molar-refractivity contribution >= 4 is 28.6 Å². The monoisotopic (exact) mass is 279 g/mol. The van der Waals surface area contributed by atoms with Gasteiger partial charge in [-0.05, 0) is 19.1 Å². The summed E-state index contributed by atoms with van der Waals surface area (Å²) in [6.45, 7) is 1.54. The largest absolute Gasteiger partial charge is 0.389 e. The van der Waals surface area contributed by atoms with E-state index in [0.717, 1.165) is 4.88 Å². The van der Waals surface area contributed by atoms with E-state index in [1.54, 1.807) is 6.07 Å². The molecule has 96 valence electrons. The predicted octanol–water partition coefficient (Wildman–Crippen LogP) is 0.301. The molecule has 8 heteroatoms. The van der Waals surface area contributed by atoms with Crippen molar-refractivity contribution in [1.82, 2.24) is 5.32 Å². The lowest BCUT2D eigenvalue weighted by Crippen LogP contribution is -2.34. The Morgan fingerprint density at radius 3 is 2.88 bits per heavy atom. The highest BCUT2D eigenvalue weighted by Crippen LogP contribution is 2.14. The Balaban J connectivity index is 2.30. The summed E-state index contributed by atoms with van der Waals surface area (Å²) in [4.78, 5) is 13.1. The van der Waals surface area contributed by atoms with Gasteiger partial charge in [-0.3, -0.25) is 13.5 Å². The lowest BCUT2D eigenvalue weighted by Gasteiger charge is -2.09. The van der Waals surface area contributed by atoms with Crippen molar-refractivity contribution in [3.8, 4) is 0 Å². The van der Waals surface area contributed by atoms with E-state index in [2.05, 4.69) is 9.50 Å². The van der Waals surface area contributed by atoms with Crippen molar-refractivity contribution in [2.24, 2.45) is 0 Å². The van der Waals surface area contributed by atoms with E-state index >= 15 is 0 Å². The molecule has 0 bridgehead atoms. The number of hydrogen-bond acceptors (Lipinski definition) is 5. The minimum Gasteiger partial charge on any atom is -0.389 e. The van der Waals surface area contributed by atoms with Crippen LogP contribution in [0.5, 0.6) is 0 Å². The van der Waals surface area contributed by atoms with Crippen LogP contribution >= 0.6 is 11.3 Å². The molecule has 0 aliphatic heterocycles. The van der Waals surface area contributed by atoms with Crippen LogP contribution in [0.4, 0.5) is 0 Å². The zero-order chi connectivity index (χ0) is 12.8. The van der Waals surface area contributed by atoms with Gasteiger partial charge in [0.2, 0.25) is 0 Å². The molecule has 0 saturated heterocycles. The van der Waals surface area contributed by atoms with Gasteiger partial charge in [-0.25, -0.2) is 0 Å². The van der Waals surface area contributed by atoms with Gasteiger partial charge < -0.3 is 10.4 Å². The van der Waals surface area contributed by atoms with Crippen LogP contribution in [0.15, 0.2) is 12.1 Å². The highest BCUT2D eigenvalue weighted by Gasteiger charge is 2.11. The first-order valence-corrected chi connectivity index (χ1v) is 6.60. The molecule has 2 unspecified atom stereocenters. The standard InChI is InChI=1S/C9H13NO5S2/c1-6-2-3-8(16-6)9(12)10-4-7(11)5-15-17(13)14/h2-3,7,11H,4-5H2,1H3,(H,10,12)(H,13,14). The number of thiophene rings is 1.